The minimum absolute atomic E-state index is 0.125. The Bertz CT molecular complexity index is 624. The van der Waals surface area contributed by atoms with E-state index < -0.39 is 17.5 Å². The molecule has 2 aromatic heterocycles. The summed E-state index contributed by atoms with van der Waals surface area (Å²) in [6.07, 6.45) is 2.94. The number of aromatic amines is 2. The molecule has 0 fully saturated rings. The highest BCUT2D eigenvalue weighted by Gasteiger charge is 2.13. The zero-order chi connectivity index (χ0) is 12.4. The molecule has 0 spiro atoms. The monoisotopic (exact) mass is 238 g/mol. The molecule has 7 nitrogen and oxygen atoms in total. The standard InChI is InChI=1S/C10H14N4O3/c1-2-3-4-6(15)14-5-11-7-8(14)12-10(17)13-9(7)16/h5-6,15H,2-4H2,1H3,(H2,12,13,16,17). The number of aliphatic hydroxyl groups excluding tert-OH is 1. The zero-order valence-corrected chi connectivity index (χ0v) is 9.43. The molecular weight excluding hydrogens is 224 g/mol. The van der Waals surface area contributed by atoms with Gasteiger partial charge in [0.15, 0.2) is 5.52 Å². The van der Waals surface area contributed by atoms with Gasteiger partial charge in [-0.25, -0.2) is 9.78 Å². The number of hydrogen-bond donors (Lipinski definition) is 3. The normalized spacial score (nSPS) is 13.1. The first kappa shape index (κ1) is 11.6. The van der Waals surface area contributed by atoms with E-state index in [-0.39, 0.29) is 11.2 Å². The molecule has 0 radical (unpaired) electrons. The molecule has 1 unspecified atom stereocenters. The van der Waals surface area contributed by atoms with E-state index in [1.165, 1.54) is 10.9 Å². The van der Waals surface area contributed by atoms with Crippen LogP contribution in [0.1, 0.15) is 32.4 Å². The van der Waals surface area contributed by atoms with E-state index in [1.807, 2.05) is 6.92 Å². The molecule has 0 bridgehead atoms. The molecule has 2 aromatic rings. The van der Waals surface area contributed by atoms with Crippen molar-refractivity contribution in [3.8, 4) is 0 Å². The lowest BCUT2D eigenvalue weighted by molar-refractivity contribution is 0.0954. The number of nitrogens with one attached hydrogen (secondary N) is 2. The number of imidazole rings is 1. The number of nitrogens with zero attached hydrogens (tertiary/aromatic N) is 2. The van der Waals surface area contributed by atoms with Crippen LogP contribution < -0.4 is 11.2 Å². The van der Waals surface area contributed by atoms with E-state index in [9.17, 15) is 14.7 Å². The lowest BCUT2D eigenvalue weighted by atomic mass is 10.2. The molecule has 7 heteroatoms. The Balaban J connectivity index is 2.49. The molecule has 0 aliphatic rings. The number of hydrogen-bond acceptors (Lipinski definition) is 4. The average molecular weight is 238 g/mol. The van der Waals surface area contributed by atoms with Gasteiger partial charge in [0.25, 0.3) is 5.56 Å². The maximum absolute atomic E-state index is 11.4. The van der Waals surface area contributed by atoms with Crippen molar-refractivity contribution in [3.63, 3.8) is 0 Å². The largest absolute Gasteiger partial charge is 0.373 e. The van der Waals surface area contributed by atoms with Crippen molar-refractivity contribution in [1.29, 1.82) is 0 Å². The van der Waals surface area contributed by atoms with Crippen LogP contribution in [0.5, 0.6) is 0 Å². The van der Waals surface area contributed by atoms with E-state index in [0.717, 1.165) is 12.8 Å². The minimum Gasteiger partial charge on any atom is -0.373 e. The van der Waals surface area contributed by atoms with Gasteiger partial charge in [-0.05, 0) is 12.8 Å². The van der Waals surface area contributed by atoms with Crippen LogP contribution in [0, 0.1) is 0 Å². The first-order chi connectivity index (χ1) is 8.13. The predicted octanol–water partition coefficient (Wildman–Crippen LogP) is 0.0940. The second kappa shape index (κ2) is 4.54. The Labute approximate surface area is 96.1 Å². The van der Waals surface area contributed by atoms with Crippen molar-refractivity contribution in [2.45, 2.75) is 32.4 Å². The Morgan fingerprint density at radius 1 is 1.47 bits per heavy atom. The van der Waals surface area contributed by atoms with Gasteiger partial charge in [0.1, 0.15) is 11.9 Å². The van der Waals surface area contributed by atoms with Gasteiger partial charge in [-0.2, -0.15) is 0 Å². The van der Waals surface area contributed by atoms with Gasteiger partial charge < -0.3 is 5.11 Å². The van der Waals surface area contributed by atoms with E-state index in [4.69, 9.17) is 0 Å². The second-order valence-corrected chi connectivity index (χ2v) is 3.88. The summed E-state index contributed by atoms with van der Waals surface area (Å²) >= 11 is 0. The van der Waals surface area contributed by atoms with Crippen LogP contribution in [-0.2, 0) is 0 Å². The number of fused-ring (bicyclic) bond motifs is 1. The van der Waals surface area contributed by atoms with Crippen molar-refractivity contribution in [1.82, 2.24) is 19.5 Å². The number of aliphatic hydroxyl groups is 1. The molecule has 2 heterocycles. The van der Waals surface area contributed by atoms with E-state index in [2.05, 4.69) is 15.0 Å². The summed E-state index contributed by atoms with van der Waals surface area (Å²) in [7, 11) is 0. The van der Waals surface area contributed by atoms with Crippen molar-refractivity contribution >= 4 is 11.2 Å². The molecule has 1 atom stereocenters. The highest BCUT2D eigenvalue weighted by Crippen LogP contribution is 2.15. The fourth-order valence-electron chi connectivity index (χ4n) is 1.70. The highest BCUT2D eigenvalue weighted by atomic mass is 16.3. The summed E-state index contributed by atoms with van der Waals surface area (Å²) in [6.45, 7) is 2.02. The number of H-pyrrole nitrogens is 2. The summed E-state index contributed by atoms with van der Waals surface area (Å²) < 4.78 is 1.40. The highest BCUT2D eigenvalue weighted by molar-refractivity contribution is 5.68. The summed E-state index contributed by atoms with van der Waals surface area (Å²) in [5, 5.41) is 9.91. The zero-order valence-electron chi connectivity index (χ0n) is 9.43. The summed E-state index contributed by atoms with van der Waals surface area (Å²) in [6, 6.07) is 0. The topological polar surface area (TPSA) is 104 Å². The van der Waals surface area contributed by atoms with Crippen molar-refractivity contribution in [2.24, 2.45) is 0 Å². The van der Waals surface area contributed by atoms with Crippen LogP contribution in [0.3, 0.4) is 0 Å². The summed E-state index contributed by atoms with van der Waals surface area (Å²) in [4.78, 5) is 31.0. The molecule has 17 heavy (non-hydrogen) atoms. The van der Waals surface area contributed by atoms with Crippen LogP contribution in [0.25, 0.3) is 11.2 Å². The van der Waals surface area contributed by atoms with Crippen molar-refractivity contribution in [2.75, 3.05) is 0 Å². The molecule has 0 saturated heterocycles. The fourth-order valence-corrected chi connectivity index (χ4v) is 1.70. The Hall–Kier alpha value is -1.89. The van der Waals surface area contributed by atoms with Crippen LogP contribution in [-0.4, -0.2) is 24.6 Å². The van der Waals surface area contributed by atoms with Gasteiger partial charge in [-0.15, -0.1) is 0 Å². The lowest BCUT2D eigenvalue weighted by Crippen LogP contribution is -2.23. The first-order valence-corrected chi connectivity index (χ1v) is 5.50. The number of aromatic nitrogens is 4. The molecule has 0 aliphatic carbocycles. The van der Waals surface area contributed by atoms with Crippen LogP contribution >= 0.6 is 0 Å². The third-order valence-corrected chi connectivity index (χ3v) is 2.60. The minimum atomic E-state index is -0.780. The molecule has 2 rings (SSSR count). The van der Waals surface area contributed by atoms with Gasteiger partial charge in [0.2, 0.25) is 0 Å². The Morgan fingerprint density at radius 3 is 2.94 bits per heavy atom. The maximum atomic E-state index is 11.4. The molecule has 0 amide bonds. The molecule has 0 saturated carbocycles. The number of unbranched alkanes of at least 4 members (excludes halogenated alkanes) is 1. The second-order valence-electron chi connectivity index (χ2n) is 3.88. The molecule has 0 aromatic carbocycles. The molecule has 0 aliphatic heterocycles. The van der Waals surface area contributed by atoms with Gasteiger partial charge in [-0.1, -0.05) is 13.3 Å². The summed E-state index contributed by atoms with van der Waals surface area (Å²) in [5.74, 6) is 0. The van der Waals surface area contributed by atoms with Gasteiger partial charge in [0.05, 0.1) is 6.33 Å². The van der Waals surface area contributed by atoms with E-state index in [1.54, 1.807) is 0 Å². The van der Waals surface area contributed by atoms with Crippen LogP contribution in [0.4, 0.5) is 0 Å². The van der Waals surface area contributed by atoms with Gasteiger partial charge in [-0.3, -0.25) is 19.3 Å². The summed E-state index contributed by atoms with van der Waals surface area (Å²) in [5.41, 5.74) is -0.778. The predicted molar refractivity (Wildman–Crippen MR) is 61.8 cm³/mol. The molecular formula is C10H14N4O3. The third-order valence-electron chi connectivity index (χ3n) is 2.60. The quantitative estimate of drug-likeness (QED) is 0.702. The average Bonchev–Trinajstić information content (AvgIpc) is 2.69. The van der Waals surface area contributed by atoms with Crippen molar-refractivity contribution < 1.29 is 5.11 Å². The smallest absolute Gasteiger partial charge is 0.327 e. The van der Waals surface area contributed by atoms with E-state index in [0.29, 0.717) is 6.42 Å². The molecule has 92 valence electrons. The first-order valence-electron chi connectivity index (χ1n) is 5.50. The van der Waals surface area contributed by atoms with Gasteiger partial charge in [0, 0.05) is 0 Å². The van der Waals surface area contributed by atoms with E-state index >= 15 is 0 Å². The van der Waals surface area contributed by atoms with Gasteiger partial charge >= 0.3 is 5.69 Å². The van der Waals surface area contributed by atoms with Crippen LogP contribution in [0.15, 0.2) is 15.9 Å². The van der Waals surface area contributed by atoms with Crippen molar-refractivity contribution in [3.05, 3.63) is 27.2 Å². The molecule has 3 N–H and O–H groups in total. The Kier molecular flexibility index (Phi) is 3.10. The lowest BCUT2D eigenvalue weighted by Gasteiger charge is -2.11. The maximum Gasteiger partial charge on any atom is 0.327 e. The Morgan fingerprint density at radius 2 is 2.24 bits per heavy atom. The van der Waals surface area contributed by atoms with Crippen LogP contribution in [0.2, 0.25) is 0 Å². The third kappa shape index (κ3) is 2.14. The SMILES string of the molecule is CCCCC(O)n1cnc2c(=O)[nH]c(=O)[nH]c21. The number of rotatable bonds is 4. The fraction of sp³-hybridized carbons (Fsp3) is 0.500.